The van der Waals surface area contributed by atoms with Crippen LogP contribution in [0.2, 0.25) is 0 Å². The van der Waals surface area contributed by atoms with Gasteiger partial charge in [-0.1, -0.05) is 364 Å². The second kappa shape index (κ2) is 29.6. The summed E-state index contributed by atoms with van der Waals surface area (Å²) >= 11 is 0. The highest BCUT2D eigenvalue weighted by molar-refractivity contribution is 6.38. The summed E-state index contributed by atoms with van der Waals surface area (Å²) in [7, 11) is 0. The van der Waals surface area contributed by atoms with Crippen molar-refractivity contribution in [2.75, 3.05) is 0 Å². The first kappa shape index (κ1) is 75.6. The number of hydrogen-bond acceptors (Lipinski definition) is 4. The Labute approximate surface area is 775 Å². The zero-order valence-electron chi connectivity index (χ0n) is 73.3. The molecule has 0 fully saturated rings. The molecule has 8 heterocycles. The van der Waals surface area contributed by atoms with E-state index in [1.807, 2.05) is 30.3 Å². The summed E-state index contributed by atoms with van der Waals surface area (Å²) in [4.78, 5) is 0. The lowest BCUT2D eigenvalue weighted by Gasteiger charge is -2.13. The SMILES string of the molecule is c1ccc2c(-n3c4ccc5ccccc5c4c4ccc5c6ccccc6oc5c43)cccc2c1.c1ccc2c(-n3c4ccccc4c4c5ccccc5c5c6ccccc6oc5c43)cccc2c1.c1ccc2c(-n3c4ccccc4c4c5oc6ccccc6c5c5ccccc5c43)cccc2c1.c1ccc2cc3c(cc2c1)c1cc2oc4ccccc4c2cc1n3-c1cccc2ccccc12. The van der Waals surface area contributed by atoms with Crippen LogP contribution in [0.15, 0.2) is 479 Å². The minimum atomic E-state index is 0.921. The molecule has 0 saturated heterocycles. The molecule has 0 aliphatic carbocycles. The maximum Gasteiger partial charge on any atom is 0.160 e. The van der Waals surface area contributed by atoms with Gasteiger partial charge in [-0.2, -0.15) is 0 Å². The van der Waals surface area contributed by atoms with Gasteiger partial charge in [-0.15, -0.1) is 0 Å². The van der Waals surface area contributed by atoms with Gasteiger partial charge in [-0.3, -0.25) is 0 Å². The van der Waals surface area contributed by atoms with Gasteiger partial charge >= 0.3 is 0 Å². The third-order valence-corrected chi connectivity index (χ3v) is 28.6. The van der Waals surface area contributed by atoms with Crippen LogP contribution in [-0.2, 0) is 0 Å². The van der Waals surface area contributed by atoms with Crippen LogP contribution in [0, 0.1) is 0 Å². The fraction of sp³-hybridized carbons (Fsp3) is 0. The molecular weight excluding hydrogens is 1660 g/mol. The Kier molecular flexibility index (Phi) is 16.5. The quantitative estimate of drug-likeness (QED) is 0.176. The minimum absolute atomic E-state index is 0.921. The lowest BCUT2D eigenvalue weighted by Crippen LogP contribution is -1.96. The average molecular weight is 1730 g/mol. The van der Waals surface area contributed by atoms with E-state index in [-0.39, 0.29) is 0 Å². The highest BCUT2D eigenvalue weighted by Gasteiger charge is 2.29. The number of benzene rings is 24. The molecule has 0 atom stereocenters. The van der Waals surface area contributed by atoms with Crippen molar-refractivity contribution in [3.8, 4) is 22.7 Å². The summed E-state index contributed by atoms with van der Waals surface area (Å²) in [6.45, 7) is 0. The number of hydrogen-bond donors (Lipinski definition) is 0. The summed E-state index contributed by atoms with van der Waals surface area (Å²) in [6.07, 6.45) is 0. The van der Waals surface area contributed by atoms with Crippen molar-refractivity contribution < 1.29 is 17.7 Å². The first-order valence-corrected chi connectivity index (χ1v) is 46.5. The molecule has 0 N–H and O–H groups in total. The van der Waals surface area contributed by atoms with Crippen LogP contribution in [0.3, 0.4) is 0 Å². The molecule has 0 spiro atoms. The third-order valence-electron chi connectivity index (χ3n) is 28.6. The Morgan fingerprint density at radius 2 is 0.471 bits per heavy atom. The Morgan fingerprint density at radius 1 is 0.125 bits per heavy atom. The van der Waals surface area contributed by atoms with Gasteiger partial charge in [0.15, 0.2) is 11.2 Å². The highest BCUT2D eigenvalue weighted by atomic mass is 16.3. The molecule has 0 radical (unpaired) electrons. The zero-order chi connectivity index (χ0) is 88.9. The second-order valence-electron chi connectivity index (χ2n) is 35.8. The van der Waals surface area contributed by atoms with Crippen molar-refractivity contribution in [3.05, 3.63) is 461 Å². The molecule has 632 valence electrons. The van der Waals surface area contributed by atoms with Crippen LogP contribution < -0.4 is 0 Å². The zero-order valence-corrected chi connectivity index (χ0v) is 73.3. The molecule has 32 rings (SSSR count). The van der Waals surface area contributed by atoms with Crippen molar-refractivity contribution in [3.63, 3.8) is 0 Å². The molecule has 136 heavy (non-hydrogen) atoms. The van der Waals surface area contributed by atoms with Crippen LogP contribution in [0.1, 0.15) is 0 Å². The summed E-state index contributed by atoms with van der Waals surface area (Å²) < 4.78 is 35.8. The molecule has 0 aliphatic rings. The van der Waals surface area contributed by atoms with Gasteiger partial charge in [0.25, 0.3) is 0 Å². The van der Waals surface area contributed by atoms with Crippen molar-refractivity contribution in [2.24, 2.45) is 0 Å². The maximum atomic E-state index is 6.66. The van der Waals surface area contributed by atoms with Crippen molar-refractivity contribution in [1.29, 1.82) is 0 Å². The summed E-state index contributed by atoms with van der Waals surface area (Å²) in [5.74, 6) is 0. The van der Waals surface area contributed by atoms with E-state index in [0.717, 1.165) is 88.0 Å². The topological polar surface area (TPSA) is 72.3 Å². The van der Waals surface area contributed by atoms with Crippen LogP contribution in [0.25, 0.3) is 284 Å². The monoisotopic (exact) mass is 1730 g/mol. The largest absolute Gasteiger partial charge is 0.456 e. The molecule has 8 heteroatoms. The average Bonchev–Trinajstić information content (AvgIpc) is 1.54. The standard InChI is InChI=1S/4C32H19NO/c1-3-11-22-20(8-1)10-7-14-27(22)33-28-19-16-21-9-2-4-12-23(21)30(28)26-18-17-25-24-13-5-6-15-29(24)34-32(25)31(26)33;1-2-12-21-20(10-1)11-9-18-26(21)33-27-17-7-5-15-24(27)30-31(33)23-14-4-3-13-22(23)29-25-16-6-8-19-28(25)34-32(29)30;1-2-12-21-20(10-1)11-9-18-26(21)33-27-17-7-5-15-24(27)29-22-13-3-4-14-23(22)30-25-16-6-8-19-28(25)34-32(30)31(29)33;1-2-10-22-17-29-25(16-21(22)9-1)26-19-32-27(24-13-5-6-15-31(24)34-32)18-30(26)33(29)28-14-7-11-20-8-3-4-12-23(20)28/h4*1-19H. The molecule has 0 unspecified atom stereocenters. The van der Waals surface area contributed by atoms with E-state index in [9.17, 15) is 0 Å². The van der Waals surface area contributed by atoms with E-state index in [4.69, 9.17) is 17.7 Å². The third kappa shape index (κ3) is 11.2. The number of nitrogens with zero attached hydrogens (tertiary/aromatic N) is 4. The van der Waals surface area contributed by atoms with E-state index in [2.05, 4.69) is 449 Å². The number of fused-ring (bicyclic) bond motifs is 40. The molecule has 8 nitrogen and oxygen atoms in total. The molecule has 32 aromatic rings. The Morgan fingerprint density at radius 3 is 1.02 bits per heavy atom. The molecular formula is C128H76N4O4. The van der Waals surface area contributed by atoms with Gasteiger partial charge in [-0.05, 0) is 156 Å². The predicted octanol–water partition coefficient (Wildman–Crippen LogP) is 36.0. The van der Waals surface area contributed by atoms with Crippen LogP contribution in [-0.4, -0.2) is 18.3 Å². The van der Waals surface area contributed by atoms with E-state index in [0.29, 0.717) is 0 Å². The summed E-state index contributed by atoms with van der Waals surface area (Å²) in [5.41, 5.74) is 21.6. The first-order chi connectivity index (χ1) is 67.5. The van der Waals surface area contributed by atoms with Crippen molar-refractivity contribution in [1.82, 2.24) is 18.3 Å². The summed E-state index contributed by atoms with van der Waals surface area (Å²) in [5, 5.41) is 38.9. The fourth-order valence-electron chi connectivity index (χ4n) is 22.8. The molecule has 0 amide bonds. The lowest BCUT2D eigenvalue weighted by molar-refractivity contribution is 0.669. The molecule has 24 aromatic carbocycles. The van der Waals surface area contributed by atoms with E-state index >= 15 is 0 Å². The smallest absolute Gasteiger partial charge is 0.160 e. The van der Waals surface area contributed by atoms with Gasteiger partial charge < -0.3 is 35.9 Å². The minimum Gasteiger partial charge on any atom is -0.456 e. The highest BCUT2D eigenvalue weighted by Crippen LogP contribution is 2.52. The normalized spacial score (nSPS) is 12.1. The van der Waals surface area contributed by atoms with Gasteiger partial charge in [0.05, 0.1) is 72.3 Å². The summed E-state index contributed by atoms with van der Waals surface area (Å²) in [6, 6.07) is 164. The molecule has 8 aromatic heterocycles. The Balaban J connectivity index is 0.0000000879. The molecule has 0 saturated carbocycles. The van der Waals surface area contributed by atoms with Gasteiger partial charge in [0.2, 0.25) is 0 Å². The number of aromatic nitrogens is 4. The maximum absolute atomic E-state index is 6.66. The van der Waals surface area contributed by atoms with E-state index in [1.54, 1.807) is 0 Å². The van der Waals surface area contributed by atoms with Crippen LogP contribution in [0.4, 0.5) is 0 Å². The predicted molar refractivity (Wildman–Crippen MR) is 572 cm³/mol. The molecule has 0 bridgehead atoms. The Bertz CT molecular complexity index is 10600. The number of rotatable bonds is 4. The molecule has 0 aliphatic heterocycles. The van der Waals surface area contributed by atoms with Crippen LogP contribution >= 0.6 is 0 Å². The van der Waals surface area contributed by atoms with Crippen molar-refractivity contribution in [2.45, 2.75) is 0 Å². The fourth-order valence-corrected chi connectivity index (χ4v) is 22.8. The van der Waals surface area contributed by atoms with Crippen LogP contribution in [0.5, 0.6) is 0 Å². The van der Waals surface area contributed by atoms with Gasteiger partial charge in [-0.25, -0.2) is 0 Å². The van der Waals surface area contributed by atoms with Gasteiger partial charge in [0.1, 0.15) is 33.5 Å². The van der Waals surface area contributed by atoms with Crippen molar-refractivity contribution >= 4 is 261 Å². The van der Waals surface area contributed by atoms with E-state index < -0.39 is 0 Å². The number of furan rings is 4. The van der Waals surface area contributed by atoms with Gasteiger partial charge in [0, 0.05) is 108 Å². The first-order valence-electron chi connectivity index (χ1n) is 46.5. The van der Waals surface area contributed by atoms with E-state index in [1.165, 1.54) is 196 Å². The second-order valence-corrected chi connectivity index (χ2v) is 35.8. The Hall–Kier alpha value is -18.2. The number of para-hydroxylation sites is 6. The lowest BCUT2D eigenvalue weighted by atomic mass is 9.99.